The third kappa shape index (κ3) is 4.94. The summed E-state index contributed by atoms with van der Waals surface area (Å²) < 4.78 is 0. The third-order valence-electron chi connectivity index (χ3n) is 4.24. The number of hydrogen-bond acceptors (Lipinski definition) is 4. The van der Waals surface area contributed by atoms with Gasteiger partial charge in [0.2, 0.25) is 5.28 Å². The van der Waals surface area contributed by atoms with Gasteiger partial charge in [0.25, 0.3) is 0 Å². The molecule has 4 nitrogen and oxygen atoms in total. The maximum Gasteiger partial charge on any atom is 0.224 e. The van der Waals surface area contributed by atoms with Crippen LogP contribution in [0.4, 0.5) is 5.82 Å². The van der Waals surface area contributed by atoms with E-state index in [2.05, 4.69) is 46.4 Å². The number of nitrogens with zero attached hydrogens (tertiary/aromatic N) is 2. The van der Waals surface area contributed by atoms with E-state index in [1.807, 2.05) is 6.92 Å². The lowest BCUT2D eigenvalue weighted by Gasteiger charge is -2.41. The first-order valence-corrected chi connectivity index (χ1v) is 12.1. The van der Waals surface area contributed by atoms with Crippen LogP contribution < -0.4 is 5.32 Å². The van der Waals surface area contributed by atoms with Crippen molar-refractivity contribution in [3.05, 3.63) is 17.0 Å². The summed E-state index contributed by atoms with van der Waals surface area (Å²) in [5, 5.41) is 14.0. The van der Waals surface area contributed by atoms with Gasteiger partial charge in [-0.2, -0.15) is 4.98 Å². The quantitative estimate of drug-likeness (QED) is 0.493. The molecule has 0 aliphatic heterocycles. The summed E-state index contributed by atoms with van der Waals surface area (Å²) in [6.07, 6.45) is 6.47. The predicted octanol–water partition coefficient (Wildman–Crippen LogP) is 3.85. The van der Waals surface area contributed by atoms with Crippen LogP contribution in [0.5, 0.6) is 0 Å². The normalized spacial score (nSPS) is 18.7. The molecule has 1 saturated carbocycles. The van der Waals surface area contributed by atoms with Gasteiger partial charge in [-0.15, -0.1) is 5.54 Å². The molecule has 1 heterocycles. The Hall–Kier alpha value is -1.09. The summed E-state index contributed by atoms with van der Waals surface area (Å²) in [5.41, 5.74) is 3.74. The van der Waals surface area contributed by atoms with Crippen LogP contribution in [0.2, 0.25) is 24.9 Å². The highest BCUT2D eigenvalue weighted by Gasteiger charge is 2.37. The fourth-order valence-electron chi connectivity index (χ4n) is 2.87. The summed E-state index contributed by atoms with van der Waals surface area (Å²) in [5.74, 6) is 3.85. The Morgan fingerprint density at radius 3 is 2.52 bits per heavy atom. The van der Waals surface area contributed by atoms with E-state index in [-0.39, 0.29) is 10.8 Å². The van der Waals surface area contributed by atoms with E-state index >= 15 is 0 Å². The van der Waals surface area contributed by atoms with Gasteiger partial charge >= 0.3 is 0 Å². The number of anilines is 1. The molecular weight excluding hydrogens is 326 g/mol. The molecule has 6 heteroatoms. The lowest BCUT2D eigenvalue weighted by Crippen LogP contribution is -2.49. The van der Waals surface area contributed by atoms with Crippen molar-refractivity contribution < 1.29 is 5.11 Å². The lowest BCUT2D eigenvalue weighted by molar-refractivity contribution is 0.0874. The summed E-state index contributed by atoms with van der Waals surface area (Å²) in [4.78, 5) is 8.41. The zero-order valence-electron chi connectivity index (χ0n) is 14.4. The number of halogens is 1. The van der Waals surface area contributed by atoms with Gasteiger partial charge in [0, 0.05) is 6.20 Å². The number of aliphatic hydroxyl groups is 1. The third-order valence-corrected chi connectivity index (χ3v) is 5.30. The van der Waals surface area contributed by atoms with Crippen molar-refractivity contribution in [3.8, 4) is 11.5 Å². The summed E-state index contributed by atoms with van der Waals surface area (Å²) in [6.45, 7) is 8.43. The van der Waals surface area contributed by atoms with Crippen molar-refractivity contribution in [1.82, 2.24) is 9.97 Å². The van der Waals surface area contributed by atoms with E-state index in [1.165, 1.54) is 6.42 Å². The van der Waals surface area contributed by atoms with Crippen LogP contribution in [0.3, 0.4) is 0 Å². The van der Waals surface area contributed by atoms with Crippen molar-refractivity contribution in [3.63, 3.8) is 0 Å². The molecule has 1 fully saturated rings. The van der Waals surface area contributed by atoms with Crippen LogP contribution in [-0.4, -0.2) is 34.8 Å². The molecule has 2 rings (SSSR count). The monoisotopic (exact) mass is 351 g/mol. The standard InChI is InChI=1S/C17H26ClN3OSi/c1-13(22)17(9-6-5-7-10-17)21-15-14(8-11-23(2,3)4)12-19-16(18)20-15/h12-13,22H,5-7,9-10H2,1-4H3,(H,19,20,21). The van der Waals surface area contributed by atoms with E-state index in [0.29, 0.717) is 5.82 Å². The number of aliphatic hydroxyl groups excluding tert-OH is 1. The Bertz CT molecular complexity index is 610. The van der Waals surface area contributed by atoms with E-state index in [9.17, 15) is 5.11 Å². The minimum atomic E-state index is -1.50. The van der Waals surface area contributed by atoms with Gasteiger partial charge in [-0.25, -0.2) is 4.98 Å². The highest BCUT2D eigenvalue weighted by atomic mass is 35.5. The Labute approximate surface area is 145 Å². The molecule has 1 unspecified atom stereocenters. The summed E-state index contributed by atoms with van der Waals surface area (Å²) >= 11 is 5.99. The van der Waals surface area contributed by atoms with E-state index in [0.717, 1.165) is 31.2 Å². The summed E-state index contributed by atoms with van der Waals surface area (Å²) in [7, 11) is -1.50. The summed E-state index contributed by atoms with van der Waals surface area (Å²) in [6, 6.07) is 0. The molecule has 0 spiro atoms. The SMILES string of the molecule is CC(O)C1(Nc2nc(Cl)ncc2C#C[Si](C)(C)C)CCCCC1. The second-order valence-electron chi connectivity index (χ2n) is 7.42. The van der Waals surface area contributed by atoms with E-state index in [4.69, 9.17) is 11.6 Å². The minimum Gasteiger partial charge on any atom is -0.391 e. The highest BCUT2D eigenvalue weighted by molar-refractivity contribution is 6.83. The van der Waals surface area contributed by atoms with Crippen LogP contribution in [0.15, 0.2) is 6.20 Å². The molecule has 2 N–H and O–H groups in total. The zero-order valence-corrected chi connectivity index (χ0v) is 16.2. The largest absolute Gasteiger partial charge is 0.391 e. The van der Waals surface area contributed by atoms with Crippen molar-refractivity contribution in [2.45, 2.75) is 70.3 Å². The molecule has 0 bridgehead atoms. The van der Waals surface area contributed by atoms with Gasteiger partial charge in [-0.05, 0) is 31.4 Å². The van der Waals surface area contributed by atoms with E-state index in [1.54, 1.807) is 6.20 Å². The molecule has 0 aromatic carbocycles. The minimum absolute atomic E-state index is 0.197. The van der Waals surface area contributed by atoms with Crippen molar-refractivity contribution in [2.75, 3.05) is 5.32 Å². The number of aromatic nitrogens is 2. The van der Waals surface area contributed by atoms with Crippen LogP contribution >= 0.6 is 11.6 Å². The predicted molar refractivity (Wildman–Crippen MR) is 98.4 cm³/mol. The van der Waals surface area contributed by atoms with E-state index < -0.39 is 14.2 Å². The Morgan fingerprint density at radius 1 is 1.30 bits per heavy atom. The maximum absolute atomic E-state index is 10.3. The first-order chi connectivity index (χ1) is 10.7. The first kappa shape index (κ1) is 18.2. The molecule has 0 radical (unpaired) electrons. The average Bonchev–Trinajstić information content (AvgIpc) is 2.46. The number of hydrogen-bond donors (Lipinski definition) is 2. The van der Waals surface area contributed by atoms with Crippen molar-refractivity contribution in [1.29, 1.82) is 0 Å². The molecule has 0 amide bonds. The lowest BCUT2D eigenvalue weighted by atomic mass is 9.78. The molecular formula is C17H26ClN3OSi. The molecule has 1 aromatic heterocycles. The molecule has 1 aromatic rings. The molecule has 1 atom stereocenters. The fraction of sp³-hybridized carbons (Fsp3) is 0.647. The Balaban J connectivity index is 2.37. The van der Waals surface area contributed by atoms with Gasteiger partial charge in [0.05, 0.1) is 17.2 Å². The van der Waals surface area contributed by atoms with Gasteiger partial charge in [0.15, 0.2) is 0 Å². The van der Waals surface area contributed by atoms with Gasteiger partial charge in [-0.1, -0.05) is 44.8 Å². The first-order valence-electron chi connectivity index (χ1n) is 8.24. The van der Waals surface area contributed by atoms with Gasteiger partial charge in [-0.3, -0.25) is 0 Å². The van der Waals surface area contributed by atoms with Gasteiger partial charge in [0.1, 0.15) is 13.9 Å². The Morgan fingerprint density at radius 2 is 1.96 bits per heavy atom. The van der Waals surface area contributed by atoms with Crippen molar-refractivity contribution >= 4 is 25.5 Å². The highest BCUT2D eigenvalue weighted by Crippen LogP contribution is 2.34. The zero-order chi connectivity index (χ0) is 17.1. The number of nitrogens with one attached hydrogen (secondary N) is 1. The molecule has 23 heavy (non-hydrogen) atoms. The molecule has 1 aliphatic carbocycles. The molecule has 1 aliphatic rings. The second kappa shape index (κ2) is 7.21. The second-order valence-corrected chi connectivity index (χ2v) is 12.5. The van der Waals surface area contributed by atoms with Crippen LogP contribution in [0, 0.1) is 11.5 Å². The van der Waals surface area contributed by atoms with Crippen LogP contribution in [-0.2, 0) is 0 Å². The molecule has 0 saturated heterocycles. The smallest absolute Gasteiger partial charge is 0.224 e. The Kier molecular flexibility index (Phi) is 5.72. The van der Waals surface area contributed by atoms with Crippen LogP contribution in [0.1, 0.15) is 44.6 Å². The number of rotatable bonds is 3. The maximum atomic E-state index is 10.3. The average molecular weight is 352 g/mol. The van der Waals surface area contributed by atoms with Gasteiger partial charge < -0.3 is 10.4 Å². The molecule has 126 valence electrons. The van der Waals surface area contributed by atoms with Crippen LogP contribution in [0.25, 0.3) is 0 Å². The van der Waals surface area contributed by atoms with Crippen molar-refractivity contribution in [2.24, 2.45) is 0 Å². The topological polar surface area (TPSA) is 58.0 Å². The fourth-order valence-corrected chi connectivity index (χ4v) is 3.51.